The summed E-state index contributed by atoms with van der Waals surface area (Å²) in [6.45, 7) is 9.25. The Morgan fingerprint density at radius 3 is 2.43 bits per heavy atom. The molecule has 0 aliphatic carbocycles. The number of benzene rings is 1. The first kappa shape index (κ1) is 16.2. The van der Waals surface area contributed by atoms with Gasteiger partial charge in [0.1, 0.15) is 0 Å². The lowest BCUT2D eigenvalue weighted by atomic mass is 9.92. The molecule has 4 nitrogen and oxygen atoms in total. The predicted molar refractivity (Wildman–Crippen MR) is 92.7 cm³/mol. The van der Waals surface area contributed by atoms with Gasteiger partial charge in [-0.05, 0) is 64.8 Å². The fraction of sp³-hybridized carbons (Fsp3) is 0.526. The highest BCUT2D eigenvalue weighted by molar-refractivity contribution is 5.36. The van der Waals surface area contributed by atoms with Crippen molar-refractivity contribution >= 4 is 0 Å². The highest BCUT2D eigenvalue weighted by Gasteiger charge is 2.24. The van der Waals surface area contributed by atoms with Crippen molar-refractivity contribution in [2.75, 3.05) is 13.1 Å². The Morgan fingerprint density at radius 1 is 1.17 bits per heavy atom. The van der Waals surface area contributed by atoms with Gasteiger partial charge in [-0.1, -0.05) is 18.2 Å². The summed E-state index contributed by atoms with van der Waals surface area (Å²) in [5.74, 6) is 0.459. The van der Waals surface area contributed by atoms with Gasteiger partial charge >= 0.3 is 0 Å². The lowest BCUT2D eigenvalue weighted by molar-refractivity contribution is 0.0694. The van der Waals surface area contributed by atoms with Gasteiger partial charge in [0, 0.05) is 17.8 Å². The van der Waals surface area contributed by atoms with E-state index in [1.165, 1.54) is 11.3 Å². The lowest BCUT2D eigenvalue weighted by Gasteiger charge is -2.33. The molecule has 2 aromatic rings. The molecule has 0 bridgehead atoms. The molecule has 0 amide bonds. The zero-order valence-electron chi connectivity index (χ0n) is 14.4. The van der Waals surface area contributed by atoms with Gasteiger partial charge in [0.25, 0.3) is 0 Å². The number of aliphatic hydroxyl groups is 1. The molecule has 1 saturated heterocycles. The summed E-state index contributed by atoms with van der Waals surface area (Å²) in [6.07, 6.45) is 1.99. The minimum Gasteiger partial charge on any atom is -0.393 e. The van der Waals surface area contributed by atoms with Crippen LogP contribution in [0.3, 0.4) is 0 Å². The van der Waals surface area contributed by atoms with E-state index in [1.54, 1.807) is 0 Å². The number of aliphatic hydroxyl groups excluding tert-OH is 1. The van der Waals surface area contributed by atoms with Crippen LogP contribution in [0.1, 0.15) is 36.7 Å². The van der Waals surface area contributed by atoms with Gasteiger partial charge in [-0.3, -0.25) is 4.90 Å². The summed E-state index contributed by atoms with van der Waals surface area (Å²) in [5.41, 5.74) is 4.80. The molecule has 1 N–H and O–H groups in total. The molecule has 1 unspecified atom stereocenters. The molecule has 4 heteroatoms. The number of rotatable bonds is 4. The second kappa shape index (κ2) is 6.85. The second-order valence-corrected chi connectivity index (χ2v) is 6.75. The third kappa shape index (κ3) is 3.48. The standard InChI is InChI=1S/C19H27N3O/c1-14-19(13-21-11-9-17(10-12-21)16(3)23)15(2)22(20-14)18-7-5-4-6-8-18/h4-8,16-17,23H,9-13H2,1-3H3. The van der Waals surface area contributed by atoms with Crippen molar-refractivity contribution in [3.8, 4) is 5.69 Å². The van der Waals surface area contributed by atoms with Crippen molar-refractivity contribution in [3.63, 3.8) is 0 Å². The minimum atomic E-state index is -0.179. The SMILES string of the molecule is Cc1nn(-c2ccccc2)c(C)c1CN1CCC(C(C)O)CC1. The summed E-state index contributed by atoms with van der Waals surface area (Å²) in [5, 5.41) is 14.5. The molecule has 0 saturated carbocycles. The first-order valence-corrected chi connectivity index (χ1v) is 8.57. The Hall–Kier alpha value is -1.65. The maximum absolute atomic E-state index is 9.74. The summed E-state index contributed by atoms with van der Waals surface area (Å²) in [4.78, 5) is 2.49. The summed E-state index contributed by atoms with van der Waals surface area (Å²) >= 11 is 0. The van der Waals surface area contributed by atoms with Gasteiger partial charge in [0.05, 0.1) is 17.5 Å². The fourth-order valence-corrected chi connectivity index (χ4v) is 3.54. The van der Waals surface area contributed by atoms with E-state index >= 15 is 0 Å². The van der Waals surface area contributed by atoms with Crippen LogP contribution in [-0.4, -0.2) is 39.0 Å². The van der Waals surface area contributed by atoms with Crippen LogP contribution in [0.2, 0.25) is 0 Å². The van der Waals surface area contributed by atoms with Crippen LogP contribution in [-0.2, 0) is 6.54 Å². The Kier molecular flexibility index (Phi) is 4.83. The summed E-state index contributed by atoms with van der Waals surface area (Å²) < 4.78 is 2.05. The van der Waals surface area contributed by atoms with Crippen LogP contribution in [0.15, 0.2) is 30.3 Å². The van der Waals surface area contributed by atoms with Crippen LogP contribution >= 0.6 is 0 Å². The number of piperidine rings is 1. The average Bonchev–Trinajstić information content (AvgIpc) is 2.84. The normalized spacial score (nSPS) is 18.3. The third-order valence-electron chi connectivity index (χ3n) is 5.14. The number of hydrogen-bond donors (Lipinski definition) is 1. The Balaban J connectivity index is 1.73. The maximum Gasteiger partial charge on any atom is 0.0648 e. The van der Waals surface area contributed by atoms with Crippen molar-refractivity contribution in [3.05, 3.63) is 47.3 Å². The van der Waals surface area contributed by atoms with E-state index in [-0.39, 0.29) is 6.10 Å². The van der Waals surface area contributed by atoms with Crippen LogP contribution in [0, 0.1) is 19.8 Å². The Bertz CT molecular complexity index is 640. The molecular weight excluding hydrogens is 286 g/mol. The van der Waals surface area contributed by atoms with Crippen LogP contribution in [0.5, 0.6) is 0 Å². The van der Waals surface area contributed by atoms with E-state index in [0.29, 0.717) is 5.92 Å². The van der Waals surface area contributed by atoms with E-state index in [9.17, 15) is 5.11 Å². The molecule has 1 aliphatic heterocycles. The molecule has 3 rings (SSSR count). The van der Waals surface area contributed by atoms with E-state index < -0.39 is 0 Å². The predicted octanol–water partition coefficient (Wildman–Crippen LogP) is 3.08. The zero-order valence-corrected chi connectivity index (χ0v) is 14.4. The smallest absolute Gasteiger partial charge is 0.0648 e. The van der Waals surface area contributed by atoms with Crippen molar-refractivity contribution in [1.82, 2.24) is 14.7 Å². The number of para-hydroxylation sites is 1. The van der Waals surface area contributed by atoms with Gasteiger partial charge in [-0.2, -0.15) is 5.10 Å². The molecule has 124 valence electrons. The molecule has 23 heavy (non-hydrogen) atoms. The third-order valence-corrected chi connectivity index (χ3v) is 5.14. The number of hydrogen-bond acceptors (Lipinski definition) is 3. The van der Waals surface area contributed by atoms with Crippen LogP contribution in [0.25, 0.3) is 5.69 Å². The van der Waals surface area contributed by atoms with Crippen molar-refractivity contribution < 1.29 is 5.11 Å². The molecule has 0 radical (unpaired) electrons. The molecule has 1 aliphatic rings. The second-order valence-electron chi connectivity index (χ2n) is 6.75. The molecule has 1 aromatic heterocycles. The Labute approximate surface area is 138 Å². The molecule has 0 spiro atoms. The van der Waals surface area contributed by atoms with E-state index in [2.05, 4.69) is 30.9 Å². The maximum atomic E-state index is 9.74. The highest BCUT2D eigenvalue weighted by Crippen LogP contribution is 2.24. The topological polar surface area (TPSA) is 41.3 Å². The Morgan fingerprint density at radius 2 is 1.83 bits per heavy atom. The fourth-order valence-electron chi connectivity index (χ4n) is 3.54. The van der Waals surface area contributed by atoms with Gasteiger partial charge in [0.15, 0.2) is 0 Å². The van der Waals surface area contributed by atoms with Crippen LogP contribution in [0.4, 0.5) is 0 Å². The first-order valence-electron chi connectivity index (χ1n) is 8.57. The monoisotopic (exact) mass is 313 g/mol. The van der Waals surface area contributed by atoms with Gasteiger partial charge in [-0.15, -0.1) is 0 Å². The summed E-state index contributed by atoms with van der Waals surface area (Å²) in [6, 6.07) is 10.3. The number of likely N-dealkylation sites (tertiary alicyclic amines) is 1. The minimum absolute atomic E-state index is 0.179. The van der Waals surface area contributed by atoms with Gasteiger partial charge in [0.2, 0.25) is 0 Å². The van der Waals surface area contributed by atoms with Gasteiger partial charge in [-0.25, -0.2) is 4.68 Å². The molecule has 1 fully saturated rings. The van der Waals surface area contributed by atoms with Crippen molar-refractivity contribution in [2.24, 2.45) is 5.92 Å². The summed E-state index contributed by atoms with van der Waals surface area (Å²) in [7, 11) is 0. The molecule has 1 atom stereocenters. The molecular formula is C19H27N3O. The highest BCUT2D eigenvalue weighted by atomic mass is 16.3. The van der Waals surface area contributed by atoms with E-state index in [1.807, 2.05) is 29.8 Å². The average molecular weight is 313 g/mol. The van der Waals surface area contributed by atoms with Crippen molar-refractivity contribution in [2.45, 2.75) is 46.3 Å². The number of nitrogens with zero attached hydrogens (tertiary/aromatic N) is 3. The largest absolute Gasteiger partial charge is 0.393 e. The van der Waals surface area contributed by atoms with Crippen molar-refractivity contribution in [1.29, 1.82) is 0 Å². The van der Waals surface area contributed by atoms with E-state index in [4.69, 9.17) is 5.10 Å². The number of aromatic nitrogens is 2. The first-order chi connectivity index (χ1) is 11.1. The van der Waals surface area contributed by atoms with Crippen LogP contribution < -0.4 is 0 Å². The van der Waals surface area contributed by atoms with E-state index in [0.717, 1.165) is 43.9 Å². The lowest BCUT2D eigenvalue weighted by Crippen LogP contribution is -2.36. The zero-order chi connectivity index (χ0) is 16.4. The quantitative estimate of drug-likeness (QED) is 0.943. The molecule has 1 aromatic carbocycles. The molecule has 2 heterocycles. The number of aryl methyl sites for hydroxylation is 1. The van der Waals surface area contributed by atoms with Gasteiger partial charge < -0.3 is 5.11 Å².